The van der Waals surface area contributed by atoms with Gasteiger partial charge >= 0.3 is 0 Å². The number of fused-ring (bicyclic) bond motifs is 1. The van der Waals surface area contributed by atoms with Gasteiger partial charge in [0.2, 0.25) is 11.0 Å². The average molecular weight is 368 g/mol. The Bertz CT molecular complexity index is 1030. The van der Waals surface area contributed by atoms with Gasteiger partial charge in [0.25, 0.3) is 5.69 Å². The summed E-state index contributed by atoms with van der Waals surface area (Å²) in [6.45, 7) is 0. The van der Waals surface area contributed by atoms with Crippen molar-refractivity contribution in [2.75, 3.05) is 0 Å². The fourth-order valence-electron chi connectivity index (χ4n) is 2.18. The number of non-ortho nitro benzene ring substituents is 1. The molecule has 0 aliphatic carbocycles. The van der Waals surface area contributed by atoms with E-state index in [-0.39, 0.29) is 22.4 Å². The minimum Gasteiger partial charge on any atom is -0.493 e. The van der Waals surface area contributed by atoms with Crippen molar-refractivity contribution in [2.45, 2.75) is 0 Å². The monoisotopic (exact) mass is 368 g/mol. The number of hydrogen-bond donors (Lipinski definition) is 3. The minimum absolute atomic E-state index is 0.00188. The molecule has 3 rings (SSSR count). The number of rotatable bonds is 4. The van der Waals surface area contributed by atoms with Crippen LogP contribution in [0.2, 0.25) is 0 Å². The molecule has 26 heavy (non-hydrogen) atoms. The molecule has 9 nitrogen and oxygen atoms in total. The second kappa shape index (κ2) is 7.49. The lowest BCUT2D eigenvalue weighted by Crippen LogP contribution is -2.11. The van der Waals surface area contributed by atoms with Crippen LogP contribution in [0.4, 0.5) is 11.4 Å². The average Bonchev–Trinajstić information content (AvgIpc) is 2.95. The number of aromatic hydroxyl groups is 1. The van der Waals surface area contributed by atoms with E-state index in [1.54, 1.807) is 24.3 Å². The summed E-state index contributed by atoms with van der Waals surface area (Å²) in [5.41, 5.74) is 4.17. The Labute approximate surface area is 152 Å². The highest BCUT2D eigenvalue weighted by Crippen LogP contribution is 2.35. The van der Waals surface area contributed by atoms with Crippen molar-refractivity contribution in [1.82, 2.24) is 10.4 Å². The van der Waals surface area contributed by atoms with Crippen LogP contribution in [0.1, 0.15) is 5.56 Å². The molecule has 0 saturated carbocycles. The summed E-state index contributed by atoms with van der Waals surface area (Å²) in [4.78, 5) is 12.9. The van der Waals surface area contributed by atoms with E-state index in [0.717, 1.165) is 5.52 Å². The first kappa shape index (κ1) is 17.2. The maximum atomic E-state index is 10.6. The highest BCUT2D eigenvalue weighted by Gasteiger charge is 2.09. The van der Waals surface area contributed by atoms with E-state index in [1.165, 1.54) is 18.3 Å². The quantitative estimate of drug-likeness (QED) is 0.212. The van der Waals surface area contributed by atoms with E-state index in [9.17, 15) is 15.2 Å². The van der Waals surface area contributed by atoms with Crippen LogP contribution in [-0.4, -0.2) is 26.3 Å². The molecule has 0 aliphatic heterocycles. The van der Waals surface area contributed by atoms with Gasteiger partial charge in [0.1, 0.15) is 0 Å². The van der Waals surface area contributed by atoms with E-state index in [1.807, 2.05) is 12.1 Å². The summed E-state index contributed by atoms with van der Waals surface area (Å²) in [7, 11) is 0. The number of thiocarbonyl (C=S) groups is 1. The van der Waals surface area contributed by atoms with E-state index in [0.29, 0.717) is 10.9 Å². The molecular weight excluding hydrogens is 356 g/mol. The second-order valence-corrected chi connectivity index (χ2v) is 5.48. The molecule has 0 unspecified atom stereocenters. The van der Waals surface area contributed by atoms with Crippen LogP contribution in [0.3, 0.4) is 0 Å². The highest BCUT2D eigenvalue weighted by molar-refractivity contribution is 7.80. The summed E-state index contributed by atoms with van der Waals surface area (Å²) in [6.07, 6.45) is 1.44. The van der Waals surface area contributed by atoms with E-state index >= 15 is 0 Å². The molecule has 0 bridgehead atoms. The third-order valence-corrected chi connectivity index (χ3v) is 3.55. The van der Waals surface area contributed by atoms with Gasteiger partial charge in [-0.15, -0.1) is 10.2 Å². The highest BCUT2D eigenvalue weighted by atomic mass is 32.1. The van der Waals surface area contributed by atoms with Gasteiger partial charge in [-0.2, -0.15) is 5.10 Å². The van der Waals surface area contributed by atoms with Crippen molar-refractivity contribution in [3.05, 3.63) is 64.2 Å². The zero-order valence-corrected chi connectivity index (χ0v) is 14.0. The van der Waals surface area contributed by atoms with E-state index in [4.69, 9.17) is 12.2 Å². The first-order valence-corrected chi connectivity index (χ1v) is 7.74. The lowest BCUT2D eigenvalue weighted by molar-refractivity contribution is -0.384. The van der Waals surface area contributed by atoms with Gasteiger partial charge in [-0.3, -0.25) is 15.5 Å². The number of benzene rings is 2. The maximum Gasteiger partial charge on any atom is 0.269 e. The Morgan fingerprint density at radius 2 is 1.96 bits per heavy atom. The van der Waals surface area contributed by atoms with E-state index < -0.39 is 4.92 Å². The van der Waals surface area contributed by atoms with Crippen molar-refractivity contribution < 1.29 is 10.0 Å². The number of nitro benzene ring substituents is 1. The number of nitro groups is 1. The Hall–Kier alpha value is -3.66. The van der Waals surface area contributed by atoms with Crippen molar-refractivity contribution in [3.8, 4) is 5.88 Å². The lowest BCUT2D eigenvalue weighted by atomic mass is 10.2. The van der Waals surface area contributed by atoms with Crippen LogP contribution in [0, 0.1) is 10.1 Å². The number of azo groups is 1. The summed E-state index contributed by atoms with van der Waals surface area (Å²) in [6, 6.07) is 13.1. The number of para-hydroxylation sites is 1. The van der Waals surface area contributed by atoms with Crippen molar-refractivity contribution in [2.24, 2.45) is 15.3 Å². The molecule has 3 N–H and O–H groups in total. The van der Waals surface area contributed by atoms with Crippen LogP contribution in [0.5, 0.6) is 5.88 Å². The number of hydrazone groups is 1. The third-order valence-electron chi connectivity index (χ3n) is 3.38. The zero-order chi connectivity index (χ0) is 18.5. The fourth-order valence-corrected chi connectivity index (χ4v) is 2.27. The Kier molecular flexibility index (Phi) is 4.94. The van der Waals surface area contributed by atoms with Gasteiger partial charge in [-0.25, -0.2) is 0 Å². The van der Waals surface area contributed by atoms with Crippen LogP contribution in [0.15, 0.2) is 63.9 Å². The number of hydrogen-bond acceptors (Lipinski definition) is 6. The van der Waals surface area contributed by atoms with E-state index in [2.05, 4.69) is 25.7 Å². The first-order valence-electron chi connectivity index (χ1n) is 7.33. The summed E-state index contributed by atoms with van der Waals surface area (Å²) in [5, 5.41) is 32.8. The van der Waals surface area contributed by atoms with Crippen LogP contribution < -0.4 is 5.43 Å². The predicted molar refractivity (Wildman–Crippen MR) is 101 cm³/mol. The van der Waals surface area contributed by atoms with Crippen LogP contribution in [0.25, 0.3) is 10.9 Å². The molecule has 0 amide bonds. The van der Waals surface area contributed by atoms with Gasteiger partial charge in [0.15, 0.2) is 5.69 Å². The molecule has 0 radical (unpaired) electrons. The lowest BCUT2D eigenvalue weighted by Gasteiger charge is -1.96. The number of H-pyrrole nitrogens is 1. The maximum absolute atomic E-state index is 10.6. The van der Waals surface area contributed by atoms with Gasteiger partial charge in [0.05, 0.1) is 16.7 Å². The third kappa shape index (κ3) is 3.87. The molecule has 0 fully saturated rings. The zero-order valence-electron chi connectivity index (χ0n) is 13.2. The predicted octanol–water partition coefficient (Wildman–Crippen LogP) is 3.77. The number of nitrogens with zero attached hydrogens (tertiary/aromatic N) is 4. The van der Waals surface area contributed by atoms with Crippen LogP contribution in [-0.2, 0) is 0 Å². The van der Waals surface area contributed by atoms with Gasteiger partial charge < -0.3 is 10.1 Å². The van der Waals surface area contributed by atoms with Gasteiger partial charge in [-0.1, -0.05) is 18.2 Å². The normalized spacial score (nSPS) is 11.4. The molecule has 1 aromatic heterocycles. The Morgan fingerprint density at radius 1 is 1.23 bits per heavy atom. The SMILES string of the molecule is O=[N+]([O-])c1ccc(/C=N/NC(=S)N=Nc2c(O)[nH]c3ccccc23)cc1. The molecule has 1 heterocycles. The summed E-state index contributed by atoms with van der Waals surface area (Å²) < 4.78 is 0. The topological polar surface area (TPSA) is 128 Å². The fraction of sp³-hybridized carbons (Fsp3) is 0. The molecule has 2 aromatic carbocycles. The number of aromatic nitrogens is 1. The van der Waals surface area contributed by atoms with Gasteiger partial charge in [0, 0.05) is 17.5 Å². The largest absolute Gasteiger partial charge is 0.493 e. The number of nitrogens with one attached hydrogen (secondary N) is 2. The molecular formula is C16H12N6O3S. The number of aromatic amines is 1. The first-order chi connectivity index (χ1) is 12.5. The Balaban J connectivity index is 1.64. The Morgan fingerprint density at radius 3 is 2.69 bits per heavy atom. The minimum atomic E-state index is -0.477. The van der Waals surface area contributed by atoms with Crippen molar-refractivity contribution >= 4 is 45.8 Å². The molecule has 0 atom stereocenters. The van der Waals surface area contributed by atoms with Crippen LogP contribution >= 0.6 is 12.2 Å². The molecule has 0 saturated heterocycles. The second-order valence-electron chi connectivity index (χ2n) is 5.09. The van der Waals surface area contributed by atoms with Gasteiger partial charge in [-0.05, 0) is 36.0 Å². The summed E-state index contributed by atoms with van der Waals surface area (Å²) >= 11 is 5.00. The molecule has 3 aromatic rings. The van der Waals surface area contributed by atoms with Crippen molar-refractivity contribution in [1.29, 1.82) is 0 Å². The summed E-state index contributed by atoms with van der Waals surface area (Å²) in [5.74, 6) is -0.105. The molecule has 0 aliphatic rings. The molecule has 0 spiro atoms. The van der Waals surface area contributed by atoms with Crippen molar-refractivity contribution in [3.63, 3.8) is 0 Å². The molecule has 130 valence electrons. The smallest absolute Gasteiger partial charge is 0.269 e. The standard InChI is InChI=1S/C16H12N6O3S/c23-15-14(12-3-1-2-4-13(12)18-15)19-21-16(26)20-17-9-10-5-7-11(8-6-10)22(24)25/h1-9,18,23H,(H,20,26)/b17-9+,21-19?. The molecule has 10 heteroatoms.